The quantitative estimate of drug-likeness (QED) is 0.223. The number of rotatable bonds is 14. The lowest BCUT2D eigenvalue weighted by atomic mass is 10.0. The number of carbonyl (C=O) groups is 2. The molecule has 2 heterocycles. The molecule has 2 aromatic carbocycles. The largest absolute Gasteiger partial charge is 0.472 e. The van der Waals surface area contributed by atoms with Crippen LogP contribution in [0.15, 0.2) is 77.6 Å². The van der Waals surface area contributed by atoms with Crippen LogP contribution in [0.3, 0.4) is 0 Å². The normalized spacial score (nSPS) is 16.0. The van der Waals surface area contributed by atoms with Gasteiger partial charge in [-0.3, -0.25) is 9.59 Å². The van der Waals surface area contributed by atoms with Crippen molar-refractivity contribution in [3.05, 3.63) is 95.7 Å². The molecule has 1 aromatic heterocycles. The Labute approximate surface area is 216 Å². The maximum Gasteiger partial charge on any atom is 0.243 e. The molecule has 1 aliphatic rings. The smallest absolute Gasteiger partial charge is 0.243 e. The van der Waals surface area contributed by atoms with Crippen LogP contribution >= 0.6 is 11.8 Å². The summed E-state index contributed by atoms with van der Waals surface area (Å²) in [5.41, 5.74) is 3.25. The number of benzene rings is 2. The molecule has 1 N–H and O–H groups in total. The molecule has 3 aromatic rings. The summed E-state index contributed by atoms with van der Waals surface area (Å²) in [7, 11) is 0. The van der Waals surface area contributed by atoms with Crippen molar-refractivity contribution < 1.29 is 18.4 Å². The molecule has 2 amide bonds. The molecule has 7 heteroatoms. The van der Waals surface area contributed by atoms with Gasteiger partial charge < -0.3 is 14.6 Å². The highest BCUT2D eigenvalue weighted by Gasteiger charge is 2.43. The van der Waals surface area contributed by atoms with Crippen LogP contribution in [0.1, 0.15) is 48.8 Å². The molecule has 5 nitrogen and oxygen atoms in total. The number of β-lactam (4-membered cyclic amide) rings is 1. The first-order valence-corrected chi connectivity index (χ1v) is 13.6. The minimum absolute atomic E-state index is 0.00758. The van der Waals surface area contributed by atoms with Crippen molar-refractivity contribution in [1.29, 1.82) is 0 Å². The molecule has 1 saturated heterocycles. The summed E-state index contributed by atoms with van der Waals surface area (Å²) in [6.45, 7) is 0.584. The van der Waals surface area contributed by atoms with E-state index in [0.29, 0.717) is 19.4 Å². The molecule has 1 aliphatic heterocycles. The molecule has 0 spiro atoms. The monoisotopic (exact) mass is 508 g/mol. The van der Waals surface area contributed by atoms with Gasteiger partial charge in [-0.05, 0) is 54.2 Å². The number of amides is 2. The fraction of sp³-hybridized carbons (Fsp3) is 0.379. The number of furan rings is 1. The molecule has 4 rings (SSSR count). The van der Waals surface area contributed by atoms with Gasteiger partial charge in [-0.1, -0.05) is 55.3 Å². The van der Waals surface area contributed by atoms with Gasteiger partial charge in [-0.2, -0.15) is 0 Å². The van der Waals surface area contributed by atoms with E-state index in [-0.39, 0.29) is 23.0 Å². The Balaban J connectivity index is 1.24. The average molecular weight is 509 g/mol. The first-order chi connectivity index (χ1) is 17.6. The van der Waals surface area contributed by atoms with E-state index in [2.05, 4.69) is 17.4 Å². The molecular formula is C29H33FN2O3S. The Kier molecular flexibility index (Phi) is 9.61. The van der Waals surface area contributed by atoms with Crippen LogP contribution in [0.2, 0.25) is 0 Å². The number of hydrogen-bond donors (Lipinski definition) is 1. The van der Waals surface area contributed by atoms with E-state index in [1.54, 1.807) is 29.2 Å². The molecule has 190 valence electrons. The summed E-state index contributed by atoms with van der Waals surface area (Å²) in [5.74, 6) is 0.500. The second kappa shape index (κ2) is 13.3. The van der Waals surface area contributed by atoms with Crippen LogP contribution in [-0.2, 0) is 28.2 Å². The molecule has 0 aliphatic carbocycles. The van der Waals surface area contributed by atoms with Gasteiger partial charge in [0.1, 0.15) is 11.9 Å². The van der Waals surface area contributed by atoms with Crippen LogP contribution < -0.4 is 5.32 Å². The van der Waals surface area contributed by atoms with E-state index in [4.69, 9.17) is 4.42 Å². The number of nitrogens with one attached hydrogen (secondary N) is 1. The van der Waals surface area contributed by atoms with Crippen molar-refractivity contribution in [2.75, 3.05) is 6.54 Å². The summed E-state index contributed by atoms with van der Waals surface area (Å²) < 4.78 is 18.2. The van der Waals surface area contributed by atoms with Crippen molar-refractivity contribution in [1.82, 2.24) is 10.2 Å². The summed E-state index contributed by atoms with van der Waals surface area (Å²) in [4.78, 5) is 27.5. The van der Waals surface area contributed by atoms with E-state index in [0.717, 1.165) is 49.0 Å². The van der Waals surface area contributed by atoms with E-state index in [1.165, 1.54) is 17.7 Å². The highest BCUT2D eigenvalue weighted by molar-refractivity contribution is 7.99. The van der Waals surface area contributed by atoms with Gasteiger partial charge in [-0.25, -0.2) is 4.39 Å². The molecule has 1 fully saturated rings. The molecule has 0 saturated carbocycles. The zero-order valence-corrected chi connectivity index (χ0v) is 21.2. The molecule has 0 radical (unpaired) electrons. The third kappa shape index (κ3) is 7.47. The van der Waals surface area contributed by atoms with E-state index in [1.807, 2.05) is 36.4 Å². The van der Waals surface area contributed by atoms with E-state index >= 15 is 0 Å². The van der Waals surface area contributed by atoms with Gasteiger partial charge in [0.2, 0.25) is 11.8 Å². The summed E-state index contributed by atoms with van der Waals surface area (Å²) in [6, 6.07) is 18.1. The Morgan fingerprint density at radius 2 is 1.78 bits per heavy atom. The molecule has 36 heavy (non-hydrogen) atoms. The van der Waals surface area contributed by atoms with Crippen molar-refractivity contribution in [2.24, 2.45) is 0 Å². The topological polar surface area (TPSA) is 62.6 Å². The van der Waals surface area contributed by atoms with Crippen LogP contribution in [0.25, 0.3) is 0 Å². The first kappa shape index (κ1) is 26.0. The maximum atomic E-state index is 13.2. The minimum atomic E-state index is -0.546. The summed E-state index contributed by atoms with van der Waals surface area (Å²) in [5, 5.41) is 3.05. The third-order valence-corrected chi connectivity index (χ3v) is 7.76. The fourth-order valence-electron chi connectivity index (χ4n) is 4.42. The zero-order chi connectivity index (χ0) is 25.2. The van der Waals surface area contributed by atoms with Crippen LogP contribution in [0.5, 0.6) is 0 Å². The minimum Gasteiger partial charge on any atom is -0.472 e. The van der Waals surface area contributed by atoms with Crippen molar-refractivity contribution in [3.8, 4) is 0 Å². The lowest BCUT2D eigenvalue weighted by molar-refractivity contribution is -0.150. The van der Waals surface area contributed by atoms with Crippen LogP contribution in [0, 0.1) is 5.82 Å². The van der Waals surface area contributed by atoms with Crippen LogP contribution in [-0.4, -0.2) is 34.7 Å². The number of aryl methyl sites for hydroxylation is 1. The molecule has 2 unspecified atom stereocenters. The first-order valence-electron chi connectivity index (χ1n) is 12.6. The average Bonchev–Trinajstić information content (AvgIpc) is 3.40. The Morgan fingerprint density at radius 1 is 1.00 bits per heavy atom. The van der Waals surface area contributed by atoms with Crippen molar-refractivity contribution in [3.63, 3.8) is 0 Å². The second-order valence-electron chi connectivity index (χ2n) is 9.19. The van der Waals surface area contributed by atoms with Gasteiger partial charge in [-0.15, -0.1) is 11.8 Å². The second-order valence-corrected chi connectivity index (χ2v) is 10.4. The Bertz CT molecular complexity index is 1090. The van der Waals surface area contributed by atoms with Gasteiger partial charge in [0, 0.05) is 18.7 Å². The summed E-state index contributed by atoms with van der Waals surface area (Å²) in [6.07, 6.45) is 9.03. The molecule has 2 atom stereocenters. The van der Waals surface area contributed by atoms with Crippen LogP contribution in [0.4, 0.5) is 4.39 Å². The standard InChI is InChI=1S/C29H33FN2O3S/c30-25-13-11-22(12-14-25)8-4-1-2-7-16-31-29(34)26(18-24-15-17-35-20-24)32-27(33)19-28(32)36-21-23-9-5-3-6-10-23/h3,5-6,9-15,17,20,26,28H,1-2,4,7-8,16,18-19,21H2,(H,31,34). The van der Waals surface area contributed by atoms with Gasteiger partial charge >= 0.3 is 0 Å². The van der Waals surface area contributed by atoms with Gasteiger partial charge in [0.25, 0.3) is 0 Å². The predicted octanol–water partition coefficient (Wildman–Crippen LogP) is 5.74. The highest BCUT2D eigenvalue weighted by atomic mass is 32.2. The summed E-state index contributed by atoms with van der Waals surface area (Å²) >= 11 is 1.70. The van der Waals surface area contributed by atoms with Crippen molar-refractivity contribution >= 4 is 23.6 Å². The number of unbranched alkanes of at least 4 members (excludes halogenated alkanes) is 3. The predicted molar refractivity (Wildman–Crippen MR) is 141 cm³/mol. The molecule has 0 bridgehead atoms. The number of hydrogen-bond acceptors (Lipinski definition) is 4. The lowest BCUT2D eigenvalue weighted by Gasteiger charge is -2.44. The molecular weight excluding hydrogens is 475 g/mol. The highest BCUT2D eigenvalue weighted by Crippen LogP contribution is 2.34. The number of halogens is 1. The van der Waals surface area contributed by atoms with Crippen molar-refractivity contribution in [2.45, 2.75) is 62.1 Å². The number of likely N-dealkylation sites (tertiary alicyclic amines) is 1. The Hall–Kier alpha value is -3.06. The number of carbonyl (C=O) groups excluding carboxylic acids is 2. The Morgan fingerprint density at radius 3 is 2.50 bits per heavy atom. The fourth-order valence-corrected chi connectivity index (χ4v) is 5.68. The van der Waals surface area contributed by atoms with Gasteiger partial charge in [0.05, 0.1) is 24.3 Å². The number of nitrogens with zero attached hydrogens (tertiary/aromatic N) is 1. The maximum absolute atomic E-state index is 13.2. The third-order valence-electron chi connectivity index (χ3n) is 6.48. The van der Waals surface area contributed by atoms with E-state index in [9.17, 15) is 14.0 Å². The lowest BCUT2D eigenvalue weighted by Crippen LogP contribution is -2.61. The van der Waals surface area contributed by atoms with E-state index < -0.39 is 6.04 Å². The number of thioether (sulfide) groups is 1. The zero-order valence-electron chi connectivity index (χ0n) is 20.4. The SMILES string of the molecule is O=C(NCCCCCCc1ccc(F)cc1)C(Cc1ccoc1)N1C(=O)CC1SCc1ccccc1. The van der Waals surface area contributed by atoms with Gasteiger partial charge in [0.15, 0.2) is 0 Å².